The maximum atomic E-state index is 12.8. The smallest absolute Gasteiger partial charge is 0.282 e. The van der Waals surface area contributed by atoms with Crippen LogP contribution in [0.4, 0.5) is 0 Å². The molecule has 5 nitrogen and oxygen atoms in total. The first kappa shape index (κ1) is 16.9. The third kappa shape index (κ3) is 3.76. The van der Waals surface area contributed by atoms with E-state index in [1.54, 1.807) is 12.3 Å². The first-order valence-electron chi connectivity index (χ1n) is 8.50. The quantitative estimate of drug-likeness (QED) is 0.646. The van der Waals surface area contributed by atoms with Crippen molar-refractivity contribution in [3.05, 3.63) is 70.3 Å². The van der Waals surface area contributed by atoms with Crippen molar-refractivity contribution >= 4 is 17.1 Å². The standard InChI is InChI=1S/C20H21N3O2/c1-3-7-19-22-18-9-6-5-8-17(18)20(24)23(19)21-14-15-10-12-16(13-11-15)25-4-2/h5-6,8-14H,3-4,7H2,1-2H3. The fraction of sp³-hybridized carbons (Fsp3) is 0.250. The number of ether oxygens (including phenoxy) is 1. The number of rotatable bonds is 6. The monoisotopic (exact) mass is 335 g/mol. The Balaban J connectivity index is 2.00. The van der Waals surface area contributed by atoms with Crippen molar-refractivity contribution in [2.75, 3.05) is 6.61 Å². The lowest BCUT2D eigenvalue weighted by molar-refractivity contribution is 0.340. The van der Waals surface area contributed by atoms with Crippen LogP contribution in [0.5, 0.6) is 5.75 Å². The Morgan fingerprint density at radius 3 is 2.60 bits per heavy atom. The Labute approximate surface area is 146 Å². The van der Waals surface area contributed by atoms with Gasteiger partial charge in [-0.2, -0.15) is 9.78 Å². The number of para-hydroxylation sites is 1. The van der Waals surface area contributed by atoms with Crippen LogP contribution in [0.2, 0.25) is 0 Å². The zero-order chi connectivity index (χ0) is 17.6. The molecule has 0 fully saturated rings. The fourth-order valence-corrected chi connectivity index (χ4v) is 2.62. The largest absolute Gasteiger partial charge is 0.494 e. The normalized spacial score (nSPS) is 11.3. The molecule has 0 saturated heterocycles. The van der Waals surface area contributed by atoms with Gasteiger partial charge in [-0.3, -0.25) is 4.79 Å². The second-order valence-electron chi connectivity index (χ2n) is 5.66. The molecule has 5 heteroatoms. The average molecular weight is 335 g/mol. The highest BCUT2D eigenvalue weighted by molar-refractivity contribution is 5.80. The summed E-state index contributed by atoms with van der Waals surface area (Å²) in [6.45, 7) is 4.64. The van der Waals surface area contributed by atoms with Gasteiger partial charge in [-0.05, 0) is 55.3 Å². The van der Waals surface area contributed by atoms with Crippen molar-refractivity contribution in [3.63, 3.8) is 0 Å². The Morgan fingerprint density at radius 1 is 1.12 bits per heavy atom. The molecule has 0 N–H and O–H groups in total. The van der Waals surface area contributed by atoms with Gasteiger partial charge in [0.2, 0.25) is 0 Å². The van der Waals surface area contributed by atoms with Crippen LogP contribution in [-0.2, 0) is 6.42 Å². The van der Waals surface area contributed by atoms with Gasteiger partial charge in [-0.25, -0.2) is 4.98 Å². The van der Waals surface area contributed by atoms with Gasteiger partial charge in [0.15, 0.2) is 0 Å². The molecular formula is C20H21N3O2. The molecule has 25 heavy (non-hydrogen) atoms. The van der Waals surface area contributed by atoms with E-state index >= 15 is 0 Å². The van der Waals surface area contributed by atoms with Gasteiger partial charge in [0.25, 0.3) is 5.56 Å². The Morgan fingerprint density at radius 2 is 1.88 bits per heavy atom. The molecule has 128 valence electrons. The molecule has 0 spiro atoms. The van der Waals surface area contributed by atoms with E-state index < -0.39 is 0 Å². The molecule has 0 saturated carbocycles. The molecule has 3 aromatic rings. The number of aryl methyl sites for hydroxylation is 1. The average Bonchev–Trinajstić information content (AvgIpc) is 2.63. The van der Waals surface area contributed by atoms with Crippen LogP contribution in [-0.4, -0.2) is 22.5 Å². The summed E-state index contributed by atoms with van der Waals surface area (Å²) in [6.07, 6.45) is 3.26. The topological polar surface area (TPSA) is 56.5 Å². The van der Waals surface area contributed by atoms with Gasteiger partial charge >= 0.3 is 0 Å². The fourth-order valence-electron chi connectivity index (χ4n) is 2.62. The molecule has 0 amide bonds. The first-order chi connectivity index (χ1) is 12.2. The lowest BCUT2D eigenvalue weighted by Crippen LogP contribution is -2.22. The Hall–Kier alpha value is -2.95. The summed E-state index contributed by atoms with van der Waals surface area (Å²) in [5.74, 6) is 1.49. The Bertz CT molecular complexity index is 943. The SMILES string of the molecule is CCCc1nc2ccccc2c(=O)n1N=Cc1ccc(OCC)cc1. The molecule has 0 atom stereocenters. The molecule has 1 heterocycles. The van der Waals surface area contributed by atoms with Gasteiger partial charge in [0.1, 0.15) is 11.6 Å². The predicted octanol–water partition coefficient (Wildman–Crippen LogP) is 3.63. The van der Waals surface area contributed by atoms with E-state index in [4.69, 9.17) is 4.74 Å². The highest BCUT2D eigenvalue weighted by atomic mass is 16.5. The van der Waals surface area contributed by atoms with Crippen LogP contribution in [0, 0.1) is 0 Å². The summed E-state index contributed by atoms with van der Waals surface area (Å²) >= 11 is 0. The number of benzene rings is 2. The minimum atomic E-state index is -0.142. The number of aromatic nitrogens is 2. The summed E-state index contributed by atoms with van der Waals surface area (Å²) in [5.41, 5.74) is 1.46. The van der Waals surface area contributed by atoms with Gasteiger partial charge in [0, 0.05) is 6.42 Å². The molecule has 0 aliphatic carbocycles. The van der Waals surface area contributed by atoms with Gasteiger partial charge in [-0.1, -0.05) is 19.1 Å². The molecule has 0 aliphatic rings. The van der Waals surface area contributed by atoms with Crippen LogP contribution in [0.25, 0.3) is 10.9 Å². The van der Waals surface area contributed by atoms with Crippen LogP contribution in [0.3, 0.4) is 0 Å². The third-order valence-corrected chi connectivity index (χ3v) is 3.81. The number of nitrogens with zero attached hydrogens (tertiary/aromatic N) is 3. The second kappa shape index (κ2) is 7.75. The molecular weight excluding hydrogens is 314 g/mol. The van der Waals surface area contributed by atoms with Crippen LogP contribution < -0.4 is 10.3 Å². The van der Waals surface area contributed by atoms with E-state index in [9.17, 15) is 4.79 Å². The lowest BCUT2D eigenvalue weighted by atomic mass is 10.2. The maximum absolute atomic E-state index is 12.8. The van der Waals surface area contributed by atoms with Crippen LogP contribution >= 0.6 is 0 Å². The minimum Gasteiger partial charge on any atom is -0.494 e. The van der Waals surface area contributed by atoms with E-state index in [2.05, 4.69) is 17.0 Å². The number of hydrogen-bond acceptors (Lipinski definition) is 4. The van der Waals surface area contributed by atoms with E-state index in [-0.39, 0.29) is 5.56 Å². The molecule has 0 radical (unpaired) electrons. The highest BCUT2D eigenvalue weighted by Gasteiger charge is 2.09. The summed E-state index contributed by atoms with van der Waals surface area (Å²) in [6, 6.07) is 15.0. The molecule has 0 bridgehead atoms. The Kier molecular flexibility index (Phi) is 5.23. The second-order valence-corrected chi connectivity index (χ2v) is 5.66. The number of hydrogen-bond donors (Lipinski definition) is 0. The summed E-state index contributed by atoms with van der Waals surface area (Å²) in [7, 11) is 0. The third-order valence-electron chi connectivity index (χ3n) is 3.81. The van der Waals surface area contributed by atoms with E-state index in [0.717, 1.165) is 17.7 Å². The van der Waals surface area contributed by atoms with Gasteiger partial charge < -0.3 is 4.74 Å². The predicted molar refractivity (Wildman–Crippen MR) is 101 cm³/mol. The van der Waals surface area contributed by atoms with Crippen LogP contribution in [0.15, 0.2) is 58.4 Å². The maximum Gasteiger partial charge on any atom is 0.282 e. The van der Waals surface area contributed by atoms with E-state index in [0.29, 0.717) is 29.8 Å². The van der Waals surface area contributed by atoms with E-state index in [1.165, 1.54) is 4.68 Å². The first-order valence-corrected chi connectivity index (χ1v) is 8.50. The van der Waals surface area contributed by atoms with E-state index in [1.807, 2.05) is 49.4 Å². The molecule has 0 aliphatic heterocycles. The van der Waals surface area contributed by atoms with Crippen LogP contribution in [0.1, 0.15) is 31.7 Å². The zero-order valence-electron chi connectivity index (χ0n) is 14.5. The summed E-state index contributed by atoms with van der Waals surface area (Å²) < 4.78 is 6.84. The zero-order valence-corrected chi connectivity index (χ0v) is 14.5. The molecule has 0 unspecified atom stereocenters. The summed E-state index contributed by atoms with van der Waals surface area (Å²) in [4.78, 5) is 17.4. The van der Waals surface area contributed by atoms with Crippen molar-refractivity contribution < 1.29 is 4.74 Å². The van der Waals surface area contributed by atoms with Crippen molar-refractivity contribution in [3.8, 4) is 5.75 Å². The minimum absolute atomic E-state index is 0.142. The van der Waals surface area contributed by atoms with Crippen molar-refractivity contribution in [1.82, 2.24) is 9.66 Å². The molecule has 1 aromatic heterocycles. The summed E-state index contributed by atoms with van der Waals surface area (Å²) in [5, 5.41) is 4.97. The number of fused-ring (bicyclic) bond motifs is 1. The molecule has 3 rings (SSSR count). The molecule has 2 aromatic carbocycles. The lowest BCUT2D eigenvalue weighted by Gasteiger charge is -2.08. The van der Waals surface area contributed by atoms with Crippen molar-refractivity contribution in [2.24, 2.45) is 5.10 Å². The van der Waals surface area contributed by atoms with Crippen molar-refractivity contribution in [1.29, 1.82) is 0 Å². The van der Waals surface area contributed by atoms with Gasteiger partial charge in [-0.15, -0.1) is 0 Å². The highest BCUT2D eigenvalue weighted by Crippen LogP contribution is 2.12. The van der Waals surface area contributed by atoms with Crippen molar-refractivity contribution in [2.45, 2.75) is 26.7 Å². The van der Waals surface area contributed by atoms with Gasteiger partial charge in [0.05, 0.1) is 23.7 Å².